The zero-order valence-corrected chi connectivity index (χ0v) is 43.6. The van der Waals surface area contributed by atoms with Crippen molar-refractivity contribution in [3.05, 3.63) is 95.3 Å². The Morgan fingerprint density at radius 2 is 1.62 bits per heavy atom. The van der Waals surface area contributed by atoms with Crippen LogP contribution >= 0.6 is 11.3 Å². The number of nitrogens with one attached hydrogen (secondary N) is 2. The van der Waals surface area contributed by atoms with Crippen molar-refractivity contribution in [3.63, 3.8) is 0 Å². The molecule has 6 fully saturated rings. The van der Waals surface area contributed by atoms with Crippen molar-refractivity contribution in [1.82, 2.24) is 45.5 Å². The van der Waals surface area contributed by atoms with E-state index in [1.165, 1.54) is 10.5 Å². The van der Waals surface area contributed by atoms with Crippen molar-refractivity contribution >= 4 is 40.6 Å². The van der Waals surface area contributed by atoms with Crippen LogP contribution in [0.25, 0.3) is 21.7 Å². The molecular weight excluding hydrogens is 955 g/mol. The van der Waals surface area contributed by atoms with Crippen LogP contribution in [-0.4, -0.2) is 138 Å². The molecule has 5 aliphatic heterocycles. The Hall–Kier alpha value is -6.21. The van der Waals surface area contributed by atoms with Crippen LogP contribution in [0.2, 0.25) is 0 Å². The number of ether oxygens (including phenoxy) is 1. The van der Waals surface area contributed by atoms with Crippen LogP contribution in [0.1, 0.15) is 95.4 Å². The second kappa shape index (κ2) is 20.1. The number of nitrogens with zero attached hydrogens (tertiary/aromatic N) is 8. The number of β-amino-alcohol motifs (C(OH)–C–C–N with tert-alkyl or cyclic N) is 1. The molecule has 3 aromatic heterocycles. The minimum Gasteiger partial charge on any atom is -0.507 e. The number of aliphatic hydroxyl groups excluding tert-OH is 1. The van der Waals surface area contributed by atoms with Gasteiger partial charge in [-0.1, -0.05) is 57.2 Å². The van der Waals surface area contributed by atoms with E-state index >= 15 is 0 Å². The lowest BCUT2D eigenvalue weighted by Gasteiger charge is -2.74. The molecule has 11 rings (SSSR count). The molecule has 74 heavy (non-hydrogen) atoms. The van der Waals surface area contributed by atoms with Gasteiger partial charge in [-0.15, -0.1) is 21.5 Å². The summed E-state index contributed by atoms with van der Waals surface area (Å²) in [6, 6.07) is 20.9. The molecule has 5 atom stereocenters. The minimum atomic E-state index is -0.860. The number of anilines is 2. The Bertz CT molecular complexity index is 2860. The third kappa shape index (κ3) is 9.69. The molecule has 2 aromatic carbocycles. The molecule has 6 aliphatic rings. The molecule has 5 aromatic rings. The quantitative estimate of drug-likeness (QED) is 0.0911. The van der Waals surface area contributed by atoms with Crippen LogP contribution in [0, 0.1) is 18.3 Å². The van der Waals surface area contributed by atoms with Gasteiger partial charge < -0.3 is 46.0 Å². The number of para-hydroxylation sites is 1. The van der Waals surface area contributed by atoms with Gasteiger partial charge in [0.15, 0.2) is 5.82 Å². The van der Waals surface area contributed by atoms with Crippen LogP contribution in [-0.2, 0) is 26.5 Å². The number of aromatic hydroxyl groups is 1. The van der Waals surface area contributed by atoms with E-state index < -0.39 is 23.6 Å². The van der Waals surface area contributed by atoms with Crippen molar-refractivity contribution in [3.8, 4) is 33.3 Å². The van der Waals surface area contributed by atoms with E-state index in [1.807, 2.05) is 81.9 Å². The standard InChI is InChI=1S/C56H69N11O6S/c1-33-49(74-32-60-33)35-11-9-34(10-12-35)28-59-53(71)46-24-41(68)31-66(46)54(72)50(55(2,3)4)61-52(70)36-13-15-38(16-14-36)64-21-18-42(19-22-64)73-48-23-37(17-20-58-48)56-26-39-29-65(30-40(27-56)67(39)56)45-25-44(62-63-51(45)57)43-7-5-6-8-47(43)69/h5-12,17,20,23,25,32,36,38-42,46,50,68-69H,13-16,18-19,21-22,24,26-31H2,1-4H3,(H2,57,63)(H,59,71)(H,61,70)/t36?,38?,39?,40?,41-,46+,50-,56?/m1/s1. The number of carbonyl (C=O) groups is 3. The van der Waals surface area contributed by atoms with Crippen molar-refractivity contribution < 1.29 is 29.3 Å². The first kappa shape index (κ1) is 50.0. The van der Waals surface area contributed by atoms with Crippen LogP contribution in [0.3, 0.4) is 0 Å². The summed E-state index contributed by atoms with van der Waals surface area (Å²) in [6.45, 7) is 11.6. The van der Waals surface area contributed by atoms with Gasteiger partial charge in [0.25, 0.3) is 0 Å². The second-order valence-electron chi connectivity index (χ2n) is 22.7. The van der Waals surface area contributed by atoms with Gasteiger partial charge in [-0.3, -0.25) is 19.3 Å². The van der Waals surface area contributed by atoms with E-state index in [0.717, 1.165) is 105 Å². The number of carbonyl (C=O) groups excluding carboxylic acids is 3. The number of amides is 3. The van der Waals surface area contributed by atoms with E-state index in [2.05, 4.69) is 57.6 Å². The number of nitrogens with two attached hydrogens (primary N) is 1. The first-order chi connectivity index (χ1) is 35.6. The summed E-state index contributed by atoms with van der Waals surface area (Å²) in [5, 5.41) is 35.9. The number of rotatable bonds is 13. The van der Waals surface area contributed by atoms with Gasteiger partial charge in [0.1, 0.15) is 23.9 Å². The summed E-state index contributed by atoms with van der Waals surface area (Å²) in [5.74, 6) is 0.249. The van der Waals surface area contributed by atoms with Gasteiger partial charge in [-0.2, -0.15) is 0 Å². The van der Waals surface area contributed by atoms with E-state index in [4.69, 9.17) is 10.5 Å². The number of hydrogen-bond donors (Lipinski definition) is 5. The molecule has 0 bridgehead atoms. The van der Waals surface area contributed by atoms with E-state index in [-0.39, 0.29) is 60.5 Å². The number of aryl methyl sites for hydroxylation is 1. The molecule has 17 nitrogen and oxygen atoms in total. The molecule has 6 N–H and O–H groups in total. The number of thiazole rings is 1. The third-order valence-electron chi connectivity index (χ3n) is 16.9. The van der Waals surface area contributed by atoms with Gasteiger partial charge in [0.05, 0.1) is 39.1 Å². The normalized spacial score (nSPS) is 26.6. The molecule has 18 heteroatoms. The molecule has 2 unspecified atom stereocenters. The zero-order chi connectivity index (χ0) is 51.5. The highest BCUT2D eigenvalue weighted by atomic mass is 32.1. The number of likely N-dealkylation sites (tertiary alicyclic amines) is 2. The average Bonchev–Trinajstić information content (AvgIpc) is 4.05. The van der Waals surface area contributed by atoms with Gasteiger partial charge in [0, 0.05) is 87.6 Å². The van der Waals surface area contributed by atoms with Crippen molar-refractivity contribution in [2.24, 2.45) is 11.3 Å². The largest absolute Gasteiger partial charge is 0.507 e. The number of phenols is 1. The number of nitrogen functional groups attached to an aromatic ring is 1. The number of aromatic nitrogens is 4. The van der Waals surface area contributed by atoms with Crippen LogP contribution in [0.4, 0.5) is 11.5 Å². The summed E-state index contributed by atoms with van der Waals surface area (Å²) in [4.78, 5) is 61.1. The number of piperidine rings is 2. The van der Waals surface area contributed by atoms with Gasteiger partial charge in [-0.05, 0) is 105 Å². The highest BCUT2D eigenvalue weighted by Gasteiger charge is 2.66. The maximum absolute atomic E-state index is 14.3. The highest BCUT2D eigenvalue weighted by molar-refractivity contribution is 7.13. The fourth-order valence-electron chi connectivity index (χ4n) is 13.0. The lowest BCUT2D eigenvalue weighted by Crippen LogP contribution is -2.82. The number of benzene rings is 2. The second-order valence-corrected chi connectivity index (χ2v) is 23.6. The molecule has 3 amide bonds. The smallest absolute Gasteiger partial charge is 0.246 e. The average molecular weight is 1020 g/mol. The molecule has 8 heterocycles. The van der Waals surface area contributed by atoms with Gasteiger partial charge in [-0.25, -0.2) is 9.97 Å². The van der Waals surface area contributed by atoms with Crippen molar-refractivity contribution in [2.45, 2.75) is 140 Å². The molecule has 390 valence electrons. The summed E-state index contributed by atoms with van der Waals surface area (Å²) in [5.41, 5.74) is 13.9. The summed E-state index contributed by atoms with van der Waals surface area (Å²) >= 11 is 1.59. The molecule has 5 saturated heterocycles. The van der Waals surface area contributed by atoms with E-state index in [9.17, 15) is 24.6 Å². The zero-order valence-electron chi connectivity index (χ0n) is 42.8. The van der Waals surface area contributed by atoms with E-state index in [0.29, 0.717) is 41.1 Å². The molecule has 1 aliphatic carbocycles. The van der Waals surface area contributed by atoms with Gasteiger partial charge >= 0.3 is 0 Å². The maximum atomic E-state index is 14.3. The fraction of sp³-hybridized carbons (Fsp3) is 0.518. The predicted molar refractivity (Wildman–Crippen MR) is 283 cm³/mol. The number of hydrogen-bond acceptors (Lipinski definition) is 15. The number of pyridine rings is 1. The molecular formula is C56H69N11O6S. The predicted octanol–water partition coefficient (Wildman–Crippen LogP) is 6.03. The fourth-order valence-corrected chi connectivity index (χ4v) is 13.8. The number of aliphatic hydroxyl groups is 1. The minimum absolute atomic E-state index is 0.00389. The Kier molecular flexibility index (Phi) is 13.6. The Labute approximate surface area is 436 Å². The lowest BCUT2D eigenvalue weighted by atomic mass is 9.60. The third-order valence-corrected chi connectivity index (χ3v) is 17.9. The SMILES string of the molecule is Cc1ncsc1-c1ccc(CNC(=O)[C@@H]2C[C@@H](O)CN2C(=O)[C@@H](NC(=O)C2CCC(N3CCC(Oc4cc(C56CC7CN(c8cc(-c9ccccc9O)nnc8N)CC(C5)N76)ccn4)CC3)CC2)C(C)(C)C)cc1. The van der Waals surface area contributed by atoms with E-state index in [1.54, 1.807) is 23.5 Å². The monoisotopic (exact) mass is 1020 g/mol. The summed E-state index contributed by atoms with van der Waals surface area (Å²) in [7, 11) is 0. The number of phenolic OH excluding ortho intramolecular Hbond substituents is 1. The summed E-state index contributed by atoms with van der Waals surface area (Å²) < 4.78 is 6.60. The Balaban J connectivity index is 0.634. The first-order valence-corrected chi connectivity index (χ1v) is 27.4. The molecule has 1 saturated carbocycles. The first-order valence-electron chi connectivity index (χ1n) is 26.5. The molecule has 0 radical (unpaired) electrons. The van der Waals surface area contributed by atoms with Crippen LogP contribution in [0.5, 0.6) is 11.6 Å². The van der Waals surface area contributed by atoms with Crippen molar-refractivity contribution in [2.75, 3.05) is 43.4 Å². The highest BCUT2D eigenvalue weighted by Crippen LogP contribution is 2.60. The lowest BCUT2D eigenvalue weighted by molar-refractivity contribution is -0.212. The van der Waals surface area contributed by atoms with Crippen LogP contribution < -0.4 is 26.0 Å². The Morgan fingerprint density at radius 1 is 0.892 bits per heavy atom. The summed E-state index contributed by atoms with van der Waals surface area (Å²) in [6.07, 6.45) is 8.45. The van der Waals surface area contributed by atoms with Gasteiger partial charge in [0.2, 0.25) is 23.6 Å². The van der Waals surface area contributed by atoms with Crippen molar-refractivity contribution in [1.29, 1.82) is 0 Å². The van der Waals surface area contributed by atoms with Crippen LogP contribution in [0.15, 0.2) is 78.4 Å². The maximum Gasteiger partial charge on any atom is 0.246 e. The topological polar surface area (TPSA) is 216 Å². The molecule has 0 spiro atoms. The Morgan fingerprint density at radius 3 is 2.31 bits per heavy atom. The number of piperazine rings is 1.